The van der Waals surface area contributed by atoms with E-state index >= 15 is 0 Å². The summed E-state index contributed by atoms with van der Waals surface area (Å²) in [5.74, 6) is 0.487. The second kappa shape index (κ2) is 10.7. The number of ether oxygens (including phenoxy) is 2. The van der Waals surface area contributed by atoms with Gasteiger partial charge in [-0.1, -0.05) is 48.5 Å². The summed E-state index contributed by atoms with van der Waals surface area (Å²) >= 11 is 0. The van der Waals surface area contributed by atoms with Crippen molar-refractivity contribution >= 4 is 39.9 Å². The Morgan fingerprint density at radius 3 is 2.57 bits per heavy atom. The zero-order chi connectivity index (χ0) is 25.8. The van der Waals surface area contributed by atoms with Crippen LogP contribution in [0.4, 0.5) is 10.5 Å². The average Bonchev–Trinajstić information content (AvgIpc) is 3.31. The van der Waals surface area contributed by atoms with Gasteiger partial charge in [-0.25, -0.2) is 4.79 Å². The number of amides is 3. The van der Waals surface area contributed by atoms with Crippen LogP contribution in [0.25, 0.3) is 16.3 Å². The monoisotopic (exact) mass is 499 g/mol. The van der Waals surface area contributed by atoms with Gasteiger partial charge in [0, 0.05) is 25.7 Å². The highest BCUT2D eigenvalue weighted by atomic mass is 16.6. The van der Waals surface area contributed by atoms with E-state index in [1.54, 1.807) is 9.80 Å². The number of carbonyl (C=O) groups is 3. The lowest BCUT2D eigenvalue weighted by molar-refractivity contribution is -0.132. The van der Waals surface area contributed by atoms with Crippen LogP contribution in [-0.4, -0.2) is 61.7 Å². The quantitative estimate of drug-likeness (QED) is 0.531. The molecule has 0 aliphatic carbocycles. The first-order chi connectivity index (χ1) is 18.0. The Hall–Kier alpha value is -4.33. The van der Waals surface area contributed by atoms with Crippen molar-refractivity contribution in [2.24, 2.45) is 0 Å². The Balaban J connectivity index is 1.14. The minimum atomic E-state index is -0.417. The van der Waals surface area contributed by atoms with Gasteiger partial charge in [0.1, 0.15) is 11.9 Å². The van der Waals surface area contributed by atoms with E-state index in [1.165, 1.54) is 12.5 Å². The van der Waals surface area contributed by atoms with E-state index < -0.39 is 6.09 Å². The predicted molar refractivity (Wildman–Crippen MR) is 141 cm³/mol. The Morgan fingerprint density at radius 1 is 1.05 bits per heavy atom. The molecule has 8 heteroatoms. The number of rotatable bonds is 7. The molecule has 2 heterocycles. The van der Waals surface area contributed by atoms with E-state index in [1.807, 2.05) is 66.7 Å². The number of nitrogens with zero attached hydrogens (tertiary/aromatic N) is 2. The van der Waals surface area contributed by atoms with E-state index in [0.29, 0.717) is 31.9 Å². The predicted octanol–water partition coefficient (Wildman–Crippen LogP) is 4.00. The van der Waals surface area contributed by atoms with Crippen LogP contribution in [-0.2, 0) is 14.3 Å². The molecule has 37 heavy (non-hydrogen) atoms. The average molecular weight is 500 g/mol. The summed E-state index contributed by atoms with van der Waals surface area (Å²) in [6.07, 6.45) is 2.02. The number of hydrogen-bond donors (Lipinski definition) is 1. The third-order valence-electron chi connectivity index (χ3n) is 6.65. The summed E-state index contributed by atoms with van der Waals surface area (Å²) in [6, 6.07) is 21.6. The van der Waals surface area contributed by atoms with Gasteiger partial charge in [-0.15, -0.1) is 0 Å². The van der Waals surface area contributed by atoms with Gasteiger partial charge in [0.2, 0.25) is 5.91 Å². The van der Waals surface area contributed by atoms with Gasteiger partial charge in [0.05, 0.1) is 13.1 Å². The molecule has 1 unspecified atom stereocenters. The van der Waals surface area contributed by atoms with E-state index in [-0.39, 0.29) is 24.5 Å². The Kier molecular flexibility index (Phi) is 7.07. The SMILES string of the molecule is CC(=O)NCC1CN(c2ccc(C3=CCN(C(=O)COc4ccc5ccccc5c4)CC3)cc2)C(=O)O1. The first kappa shape index (κ1) is 24.4. The normalized spacial score (nSPS) is 17.4. The van der Waals surface area contributed by atoms with Crippen molar-refractivity contribution < 1.29 is 23.9 Å². The molecule has 0 saturated carbocycles. The summed E-state index contributed by atoms with van der Waals surface area (Å²) in [6.45, 7) is 3.27. The molecular weight excluding hydrogens is 470 g/mol. The van der Waals surface area contributed by atoms with Gasteiger partial charge in [-0.2, -0.15) is 0 Å². The van der Waals surface area contributed by atoms with Crippen LogP contribution in [0.1, 0.15) is 18.9 Å². The largest absolute Gasteiger partial charge is 0.484 e. The summed E-state index contributed by atoms with van der Waals surface area (Å²) in [5.41, 5.74) is 2.97. The third-order valence-corrected chi connectivity index (χ3v) is 6.65. The molecule has 2 aliphatic rings. The Labute approximate surface area is 215 Å². The van der Waals surface area contributed by atoms with Crippen molar-refractivity contribution in [1.82, 2.24) is 10.2 Å². The Morgan fingerprint density at radius 2 is 1.84 bits per heavy atom. The van der Waals surface area contributed by atoms with Gasteiger partial charge in [-0.3, -0.25) is 14.5 Å². The van der Waals surface area contributed by atoms with Crippen LogP contribution in [0.2, 0.25) is 0 Å². The van der Waals surface area contributed by atoms with Crippen LogP contribution < -0.4 is 15.0 Å². The molecule has 8 nitrogen and oxygen atoms in total. The molecule has 0 spiro atoms. The number of carbonyl (C=O) groups excluding carboxylic acids is 3. The fourth-order valence-electron chi connectivity index (χ4n) is 4.60. The smallest absolute Gasteiger partial charge is 0.414 e. The molecular formula is C29H29N3O5. The minimum Gasteiger partial charge on any atom is -0.484 e. The van der Waals surface area contributed by atoms with E-state index in [2.05, 4.69) is 11.4 Å². The highest BCUT2D eigenvalue weighted by Crippen LogP contribution is 2.27. The van der Waals surface area contributed by atoms with Crippen molar-refractivity contribution in [1.29, 1.82) is 0 Å². The van der Waals surface area contributed by atoms with Crippen molar-refractivity contribution in [3.05, 3.63) is 78.4 Å². The third kappa shape index (κ3) is 5.74. The van der Waals surface area contributed by atoms with Crippen molar-refractivity contribution in [3.8, 4) is 5.75 Å². The first-order valence-corrected chi connectivity index (χ1v) is 12.4. The van der Waals surface area contributed by atoms with Gasteiger partial charge in [0.15, 0.2) is 6.61 Å². The molecule has 0 aromatic heterocycles. The summed E-state index contributed by atoms with van der Waals surface area (Å²) in [7, 11) is 0. The molecule has 1 atom stereocenters. The zero-order valence-corrected chi connectivity index (χ0v) is 20.7. The van der Waals surface area contributed by atoms with Gasteiger partial charge >= 0.3 is 6.09 Å². The molecule has 1 fully saturated rings. The number of anilines is 1. The highest BCUT2D eigenvalue weighted by Gasteiger charge is 2.32. The molecule has 5 rings (SSSR count). The zero-order valence-electron chi connectivity index (χ0n) is 20.7. The molecule has 3 aromatic rings. The van der Waals surface area contributed by atoms with Crippen LogP contribution in [0.5, 0.6) is 5.75 Å². The molecule has 1 N–H and O–H groups in total. The standard InChI is InChI=1S/C29H29N3O5/c1-20(33)30-17-27-18-32(29(35)37-27)25-9-6-22(7-10-25)23-12-14-31(15-13-23)28(34)19-36-26-11-8-21-4-2-3-5-24(21)16-26/h2-12,16,27H,13-15,17-19H2,1H3,(H,30,33). The van der Waals surface area contributed by atoms with Crippen LogP contribution in [0, 0.1) is 0 Å². The van der Waals surface area contributed by atoms with Crippen molar-refractivity contribution in [3.63, 3.8) is 0 Å². The lowest BCUT2D eigenvalue weighted by Crippen LogP contribution is -2.37. The molecule has 0 radical (unpaired) electrons. The summed E-state index contributed by atoms with van der Waals surface area (Å²) in [5, 5.41) is 4.89. The van der Waals surface area contributed by atoms with Gasteiger partial charge < -0.3 is 19.7 Å². The highest BCUT2D eigenvalue weighted by molar-refractivity contribution is 5.90. The van der Waals surface area contributed by atoms with Gasteiger partial charge in [0.25, 0.3) is 5.91 Å². The topological polar surface area (TPSA) is 88.2 Å². The molecule has 1 saturated heterocycles. The van der Waals surface area contributed by atoms with Crippen molar-refractivity contribution in [2.75, 3.05) is 37.7 Å². The van der Waals surface area contributed by atoms with Crippen LogP contribution in [0.15, 0.2) is 72.8 Å². The van der Waals surface area contributed by atoms with E-state index in [9.17, 15) is 14.4 Å². The lowest BCUT2D eigenvalue weighted by atomic mass is 9.99. The maximum Gasteiger partial charge on any atom is 0.414 e. The van der Waals surface area contributed by atoms with Crippen molar-refractivity contribution in [2.45, 2.75) is 19.4 Å². The number of cyclic esters (lactones) is 1. The molecule has 0 bridgehead atoms. The molecule has 190 valence electrons. The number of nitrogens with one attached hydrogen (secondary N) is 1. The fraction of sp³-hybridized carbons (Fsp3) is 0.276. The number of fused-ring (bicyclic) bond motifs is 1. The minimum absolute atomic E-state index is 0.00504. The van der Waals surface area contributed by atoms with E-state index in [0.717, 1.165) is 28.4 Å². The Bertz CT molecular complexity index is 1350. The second-order valence-corrected chi connectivity index (χ2v) is 9.22. The number of benzene rings is 3. The summed E-state index contributed by atoms with van der Waals surface area (Å²) < 4.78 is 11.1. The maximum atomic E-state index is 12.7. The molecule has 3 amide bonds. The van der Waals surface area contributed by atoms with E-state index in [4.69, 9.17) is 9.47 Å². The second-order valence-electron chi connectivity index (χ2n) is 9.22. The van der Waals surface area contributed by atoms with Crippen LogP contribution in [0.3, 0.4) is 0 Å². The van der Waals surface area contributed by atoms with Crippen LogP contribution >= 0.6 is 0 Å². The maximum absolute atomic E-state index is 12.7. The lowest BCUT2D eigenvalue weighted by Gasteiger charge is -2.27. The molecule has 2 aliphatic heterocycles. The summed E-state index contributed by atoms with van der Waals surface area (Å²) in [4.78, 5) is 39.4. The fourth-order valence-corrected chi connectivity index (χ4v) is 4.60. The molecule has 3 aromatic carbocycles. The first-order valence-electron chi connectivity index (χ1n) is 12.4. The number of hydrogen-bond acceptors (Lipinski definition) is 5. The van der Waals surface area contributed by atoms with Gasteiger partial charge in [-0.05, 0) is 52.6 Å².